The van der Waals surface area contributed by atoms with Crippen LogP contribution in [-0.2, 0) is 22.5 Å². The van der Waals surface area contributed by atoms with Gasteiger partial charge in [0.05, 0.1) is 25.9 Å². The van der Waals surface area contributed by atoms with E-state index in [0.29, 0.717) is 58.0 Å². The molecule has 14 heteroatoms. The largest absolute Gasteiger partial charge is 0.496 e. The average molecular weight is 750 g/mol. The third-order valence-electron chi connectivity index (χ3n) is 8.89. The van der Waals surface area contributed by atoms with Crippen LogP contribution in [0, 0.1) is 11.6 Å². The molecule has 0 bridgehead atoms. The molecule has 4 aromatic carbocycles. The Morgan fingerprint density at radius 1 is 0.925 bits per heavy atom. The first-order valence-corrected chi connectivity index (χ1v) is 16.9. The molecule has 0 spiro atoms. The molecule has 0 amide bonds. The van der Waals surface area contributed by atoms with E-state index < -0.39 is 30.2 Å². The molecule has 4 aromatic rings. The van der Waals surface area contributed by atoms with Gasteiger partial charge in [-0.15, -0.1) is 0 Å². The molecule has 2 saturated heterocycles. The Morgan fingerprint density at radius 2 is 1.53 bits per heavy atom. The van der Waals surface area contributed by atoms with Crippen molar-refractivity contribution in [1.29, 1.82) is 0 Å². The van der Waals surface area contributed by atoms with Crippen LogP contribution in [0.3, 0.4) is 0 Å². The molecule has 53 heavy (non-hydrogen) atoms. The minimum absolute atomic E-state index is 0.0804. The second-order valence-electron chi connectivity index (χ2n) is 12.5. The van der Waals surface area contributed by atoms with Gasteiger partial charge in [-0.1, -0.05) is 49.0 Å². The molecule has 0 atom stereocenters. The number of rotatable bonds is 9. The third-order valence-corrected chi connectivity index (χ3v) is 8.89. The molecule has 0 saturated carbocycles. The Hall–Kier alpha value is -4.82. The molecule has 2 fully saturated rings. The van der Waals surface area contributed by atoms with Gasteiger partial charge in [0.2, 0.25) is 0 Å². The Labute approximate surface area is 303 Å². The Bertz CT molecular complexity index is 1830. The standard InChI is InChI=1S/C26H27F2NO3.C12H14F2N2O.CHF3/c1-32-24-10-8-18(17-29-14-12-26(27,28)13-15-29)16-23(24)22-7-3-5-20-19(9-11-25(30)31)4-2-6-21(20)22;1-8(15)12-10(13)6-9(7-11(12)14)16-2-4-17-5-3-16;2-1(3)4/h2-8,10,16H,9,11-15,17H2,1H3,(H,30,31);6-7H,1-5,15H2;1H. The average Bonchev–Trinajstić information content (AvgIpc) is 3.11. The van der Waals surface area contributed by atoms with Gasteiger partial charge in [0.1, 0.15) is 17.4 Å². The van der Waals surface area contributed by atoms with Crippen molar-refractivity contribution in [3.05, 3.63) is 102 Å². The highest BCUT2D eigenvalue weighted by molar-refractivity contribution is 5.99. The maximum Gasteiger partial charge on any atom is 0.379 e. The number of ether oxygens (including phenoxy) is 2. The highest BCUT2D eigenvalue weighted by Crippen LogP contribution is 2.38. The minimum atomic E-state index is -3.67. The fourth-order valence-corrected chi connectivity index (χ4v) is 6.30. The molecular formula is C39H42F7N3O4. The van der Waals surface area contributed by atoms with E-state index in [1.165, 1.54) is 12.1 Å². The zero-order chi connectivity index (χ0) is 38.7. The summed E-state index contributed by atoms with van der Waals surface area (Å²) in [6.45, 7) is 3.45. The number of methoxy groups -OCH3 is 1. The second-order valence-corrected chi connectivity index (χ2v) is 12.5. The van der Waals surface area contributed by atoms with Crippen molar-refractivity contribution in [3.8, 4) is 16.9 Å². The zero-order valence-electron chi connectivity index (χ0n) is 29.2. The third kappa shape index (κ3) is 11.6. The summed E-state index contributed by atoms with van der Waals surface area (Å²) in [7, 11) is 1.63. The number of carboxylic acids is 1. The summed E-state index contributed by atoms with van der Waals surface area (Å²) >= 11 is 0. The topological polar surface area (TPSA) is 88.3 Å². The van der Waals surface area contributed by atoms with Gasteiger partial charge in [-0.05, 0) is 58.1 Å². The Morgan fingerprint density at radius 3 is 2.11 bits per heavy atom. The minimum Gasteiger partial charge on any atom is -0.496 e. The first-order chi connectivity index (χ1) is 25.2. The first kappa shape index (κ1) is 40.9. The molecule has 2 heterocycles. The van der Waals surface area contributed by atoms with Crippen LogP contribution in [0.25, 0.3) is 27.6 Å². The molecule has 3 N–H and O–H groups in total. The number of morpholine rings is 1. The number of anilines is 1. The van der Waals surface area contributed by atoms with Crippen molar-refractivity contribution in [2.24, 2.45) is 5.73 Å². The van der Waals surface area contributed by atoms with Gasteiger partial charge in [-0.25, -0.2) is 17.6 Å². The van der Waals surface area contributed by atoms with Crippen LogP contribution in [0.15, 0.2) is 73.3 Å². The number of hydrogen-bond donors (Lipinski definition) is 2. The van der Waals surface area contributed by atoms with E-state index >= 15 is 0 Å². The molecule has 0 unspecified atom stereocenters. The van der Waals surface area contributed by atoms with Crippen molar-refractivity contribution in [2.75, 3.05) is 51.4 Å². The van der Waals surface area contributed by atoms with E-state index in [1.807, 2.05) is 53.4 Å². The maximum atomic E-state index is 13.7. The zero-order valence-corrected chi connectivity index (χ0v) is 29.2. The lowest BCUT2D eigenvalue weighted by atomic mass is 9.93. The number of carbonyl (C=O) groups is 1. The number of piperidine rings is 1. The number of hydrogen-bond acceptors (Lipinski definition) is 6. The number of halogens is 7. The molecule has 0 radical (unpaired) electrons. The lowest BCUT2D eigenvalue weighted by Gasteiger charge is -2.31. The molecule has 2 aliphatic rings. The lowest BCUT2D eigenvalue weighted by Crippen LogP contribution is -2.38. The molecular weight excluding hydrogens is 707 g/mol. The van der Waals surface area contributed by atoms with Crippen molar-refractivity contribution in [1.82, 2.24) is 4.90 Å². The first-order valence-electron chi connectivity index (χ1n) is 16.9. The van der Waals surface area contributed by atoms with E-state index in [-0.39, 0.29) is 30.5 Å². The van der Waals surface area contributed by atoms with Gasteiger partial charge in [-0.3, -0.25) is 9.69 Å². The van der Waals surface area contributed by atoms with Gasteiger partial charge in [0.15, 0.2) is 0 Å². The number of nitrogens with zero attached hydrogens (tertiary/aromatic N) is 2. The van der Waals surface area contributed by atoms with Crippen molar-refractivity contribution < 1.29 is 50.1 Å². The molecule has 286 valence electrons. The Kier molecular flexibility index (Phi) is 14.5. The summed E-state index contributed by atoms with van der Waals surface area (Å²) < 4.78 is 94.2. The molecule has 6 rings (SSSR count). The van der Waals surface area contributed by atoms with Crippen LogP contribution in [0.1, 0.15) is 36.0 Å². The summed E-state index contributed by atoms with van der Waals surface area (Å²) in [5, 5.41) is 11.1. The number of aryl methyl sites for hydroxylation is 1. The van der Waals surface area contributed by atoms with E-state index in [0.717, 1.165) is 38.8 Å². The predicted molar refractivity (Wildman–Crippen MR) is 191 cm³/mol. The number of fused-ring (bicyclic) bond motifs is 1. The summed E-state index contributed by atoms with van der Waals surface area (Å²) in [5.74, 6) is -3.99. The van der Waals surface area contributed by atoms with E-state index in [2.05, 4.69) is 17.5 Å². The van der Waals surface area contributed by atoms with Gasteiger partial charge in [0.25, 0.3) is 5.92 Å². The van der Waals surface area contributed by atoms with Gasteiger partial charge < -0.3 is 25.2 Å². The number of benzene rings is 4. The van der Waals surface area contributed by atoms with Crippen molar-refractivity contribution >= 4 is 28.1 Å². The number of likely N-dealkylation sites (tertiary alicyclic amines) is 1. The number of carboxylic acid groups (broad SMARTS) is 1. The number of nitrogens with two attached hydrogens (primary N) is 1. The smallest absolute Gasteiger partial charge is 0.379 e. The van der Waals surface area contributed by atoms with Crippen molar-refractivity contribution in [2.45, 2.75) is 44.8 Å². The summed E-state index contributed by atoms with van der Waals surface area (Å²) in [5.41, 5.74) is 9.48. The van der Waals surface area contributed by atoms with Crippen LogP contribution in [0.5, 0.6) is 5.75 Å². The van der Waals surface area contributed by atoms with Crippen LogP contribution in [0.4, 0.5) is 36.4 Å². The van der Waals surface area contributed by atoms with Gasteiger partial charge in [-0.2, -0.15) is 13.2 Å². The number of aliphatic carboxylic acids is 1. The Balaban J connectivity index is 0.000000250. The van der Waals surface area contributed by atoms with Crippen LogP contribution in [0.2, 0.25) is 0 Å². The fourth-order valence-electron chi connectivity index (χ4n) is 6.30. The lowest BCUT2D eigenvalue weighted by molar-refractivity contribution is -0.136. The normalized spacial score (nSPS) is 15.6. The van der Waals surface area contributed by atoms with Crippen LogP contribution in [-0.4, -0.2) is 75.1 Å². The van der Waals surface area contributed by atoms with E-state index in [9.17, 15) is 35.5 Å². The summed E-state index contributed by atoms with van der Waals surface area (Å²) in [6.07, 6.45) is 0.348. The monoisotopic (exact) mass is 749 g/mol. The quantitative estimate of drug-likeness (QED) is 0.166. The van der Waals surface area contributed by atoms with Gasteiger partial charge >= 0.3 is 12.6 Å². The fraction of sp³-hybridized carbons (Fsp3) is 0.359. The van der Waals surface area contributed by atoms with E-state index in [4.69, 9.17) is 20.3 Å². The highest BCUT2D eigenvalue weighted by Gasteiger charge is 2.33. The highest BCUT2D eigenvalue weighted by atomic mass is 19.4. The maximum absolute atomic E-state index is 13.7. The molecule has 2 aliphatic heterocycles. The van der Waals surface area contributed by atoms with E-state index in [1.54, 1.807) is 7.11 Å². The van der Waals surface area contributed by atoms with Crippen molar-refractivity contribution in [3.63, 3.8) is 0 Å². The van der Waals surface area contributed by atoms with Crippen LogP contribution < -0.4 is 15.4 Å². The molecule has 7 nitrogen and oxygen atoms in total. The predicted octanol–water partition coefficient (Wildman–Crippen LogP) is 8.67. The summed E-state index contributed by atoms with van der Waals surface area (Å²) in [6, 6.07) is 20.5. The SMILES string of the molecule is C=C(N)c1c(F)cc(N2CCOCC2)cc1F.COc1ccc(CN2CCC(F)(F)CC2)cc1-c1cccc2c(CCC(=O)O)cccc12.FC(F)F. The van der Waals surface area contributed by atoms with Crippen LogP contribution >= 0.6 is 0 Å². The second kappa shape index (κ2) is 18.8. The summed E-state index contributed by atoms with van der Waals surface area (Å²) in [4.78, 5) is 15.0. The van der Waals surface area contributed by atoms with Gasteiger partial charge in [0, 0.05) is 68.9 Å². The molecule has 0 aromatic heterocycles. The molecule has 0 aliphatic carbocycles. The number of alkyl halides is 5.